The van der Waals surface area contributed by atoms with Crippen LogP contribution in [0.4, 0.5) is 11.5 Å². The van der Waals surface area contributed by atoms with Gasteiger partial charge in [-0.3, -0.25) is 4.79 Å². The lowest BCUT2D eigenvalue weighted by molar-refractivity contribution is 0.0989. The van der Waals surface area contributed by atoms with E-state index in [9.17, 15) is 13.2 Å². The molecular formula is C18H23N5O3S. The van der Waals surface area contributed by atoms with Gasteiger partial charge in [-0.25, -0.2) is 18.4 Å². The zero-order valence-corrected chi connectivity index (χ0v) is 15.9. The summed E-state index contributed by atoms with van der Waals surface area (Å²) in [6.07, 6.45) is 5.65. The third-order valence-corrected chi connectivity index (χ3v) is 5.81. The number of piperidine rings is 1. The molecule has 0 bridgehead atoms. The number of hydrogen-bond donors (Lipinski definition) is 2. The Balaban J connectivity index is 1.97. The fraction of sp³-hybridized carbons (Fsp3) is 0.389. The van der Waals surface area contributed by atoms with E-state index in [1.807, 2.05) is 0 Å². The Bertz CT molecular complexity index is 953. The first kappa shape index (κ1) is 19.2. The summed E-state index contributed by atoms with van der Waals surface area (Å²) in [5.41, 5.74) is 13.3. The van der Waals surface area contributed by atoms with E-state index in [1.54, 1.807) is 18.2 Å². The van der Waals surface area contributed by atoms with E-state index in [1.165, 1.54) is 12.4 Å². The fourth-order valence-electron chi connectivity index (χ4n) is 3.20. The Kier molecular flexibility index (Phi) is 5.43. The average Bonchev–Trinajstić information content (AvgIpc) is 2.62. The number of carbonyl (C=O) groups excluding carboxylic acids is 1. The van der Waals surface area contributed by atoms with Gasteiger partial charge in [0.1, 0.15) is 5.69 Å². The molecule has 1 aliphatic rings. The molecule has 0 unspecified atom stereocenters. The van der Waals surface area contributed by atoms with Crippen molar-refractivity contribution in [2.24, 2.45) is 5.73 Å². The Labute approximate surface area is 158 Å². The van der Waals surface area contributed by atoms with Crippen molar-refractivity contribution in [1.82, 2.24) is 9.97 Å². The van der Waals surface area contributed by atoms with Crippen molar-refractivity contribution in [2.45, 2.75) is 30.2 Å². The highest BCUT2D eigenvalue weighted by atomic mass is 32.2. The zero-order chi connectivity index (χ0) is 19.6. The lowest BCUT2D eigenvalue weighted by Gasteiger charge is -2.33. The third kappa shape index (κ3) is 4.42. The normalized spacial score (nSPS) is 15.7. The van der Waals surface area contributed by atoms with Crippen LogP contribution in [0.15, 0.2) is 35.5 Å². The maximum Gasteiger partial charge on any atom is 0.189 e. The van der Waals surface area contributed by atoms with Crippen LogP contribution in [0.1, 0.15) is 28.9 Å². The Hall–Kier alpha value is -2.52. The number of hydrogen-bond acceptors (Lipinski definition) is 8. The number of nitrogen functional groups attached to an aromatic ring is 1. The predicted molar refractivity (Wildman–Crippen MR) is 103 cm³/mol. The maximum absolute atomic E-state index is 12.7. The summed E-state index contributed by atoms with van der Waals surface area (Å²) in [7, 11) is -3.39. The van der Waals surface area contributed by atoms with Crippen LogP contribution in [-0.4, -0.2) is 49.6 Å². The molecule has 9 heteroatoms. The molecule has 27 heavy (non-hydrogen) atoms. The lowest BCUT2D eigenvalue weighted by atomic mass is 10.0. The smallest absolute Gasteiger partial charge is 0.189 e. The Morgan fingerprint density at radius 2 is 1.89 bits per heavy atom. The first-order valence-electron chi connectivity index (χ1n) is 8.69. The van der Waals surface area contributed by atoms with Gasteiger partial charge in [0.05, 0.1) is 4.90 Å². The molecule has 1 aromatic heterocycles. The Morgan fingerprint density at radius 3 is 2.52 bits per heavy atom. The summed E-state index contributed by atoms with van der Waals surface area (Å²) in [6.45, 7) is 1.52. The molecule has 1 fully saturated rings. The van der Waals surface area contributed by atoms with Gasteiger partial charge in [0.2, 0.25) is 0 Å². The van der Waals surface area contributed by atoms with Crippen LogP contribution in [0.25, 0.3) is 0 Å². The van der Waals surface area contributed by atoms with E-state index >= 15 is 0 Å². The number of rotatable bonds is 5. The molecule has 3 rings (SSSR count). The van der Waals surface area contributed by atoms with Gasteiger partial charge in [0.15, 0.2) is 21.4 Å². The van der Waals surface area contributed by atoms with E-state index < -0.39 is 9.84 Å². The van der Waals surface area contributed by atoms with Gasteiger partial charge < -0.3 is 16.4 Å². The SMILES string of the molecule is CS(=O)(=O)c1ccc(N2CCC(N)CC2)c(CC(=O)c2nccnc2N)c1. The molecule has 2 aromatic rings. The van der Waals surface area contributed by atoms with Gasteiger partial charge in [0, 0.05) is 49.9 Å². The maximum atomic E-state index is 12.7. The largest absolute Gasteiger partial charge is 0.382 e. The van der Waals surface area contributed by atoms with Crippen molar-refractivity contribution >= 4 is 27.1 Å². The molecule has 0 spiro atoms. The number of carbonyl (C=O) groups is 1. The number of ketones is 1. The Morgan fingerprint density at radius 1 is 1.22 bits per heavy atom. The molecule has 1 aliphatic heterocycles. The minimum Gasteiger partial charge on any atom is -0.382 e. The van der Waals surface area contributed by atoms with Crippen LogP contribution in [0.3, 0.4) is 0 Å². The molecule has 0 aliphatic carbocycles. The third-order valence-electron chi connectivity index (χ3n) is 4.70. The predicted octanol–water partition coefficient (Wildman–Crippen LogP) is 0.815. The van der Waals surface area contributed by atoms with Crippen molar-refractivity contribution in [2.75, 3.05) is 30.0 Å². The summed E-state index contributed by atoms with van der Waals surface area (Å²) >= 11 is 0. The second kappa shape index (κ2) is 7.61. The van der Waals surface area contributed by atoms with Crippen molar-refractivity contribution in [1.29, 1.82) is 0 Å². The van der Waals surface area contributed by atoms with Crippen LogP contribution < -0.4 is 16.4 Å². The van der Waals surface area contributed by atoms with Crippen LogP contribution in [0, 0.1) is 0 Å². The van der Waals surface area contributed by atoms with Crippen molar-refractivity contribution in [3.63, 3.8) is 0 Å². The molecule has 0 atom stereocenters. The zero-order valence-electron chi connectivity index (χ0n) is 15.1. The molecule has 2 heterocycles. The number of nitrogens with two attached hydrogens (primary N) is 2. The summed E-state index contributed by atoms with van der Waals surface area (Å²) < 4.78 is 23.9. The molecule has 8 nitrogen and oxygen atoms in total. The molecule has 0 saturated carbocycles. The first-order chi connectivity index (χ1) is 12.8. The number of aromatic nitrogens is 2. The summed E-state index contributed by atoms with van der Waals surface area (Å²) in [5, 5.41) is 0. The molecule has 144 valence electrons. The van der Waals surface area contributed by atoms with Gasteiger partial charge in [-0.2, -0.15) is 0 Å². The lowest BCUT2D eigenvalue weighted by Crippen LogP contribution is -2.40. The van der Waals surface area contributed by atoms with E-state index in [4.69, 9.17) is 11.5 Å². The van der Waals surface area contributed by atoms with Crippen molar-refractivity contribution < 1.29 is 13.2 Å². The van der Waals surface area contributed by atoms with E-state index in [0.29, 0.717) is 5.56 Å². The quantitative estimate of drug-likeness (QED) is 0.718. The molecule has 4 N–H and O–H groups in total. The van der Waals surface area contributed by atoms with Gasteiger partial charge in [-0.05, 0) is 36.6 Å². The van der Waals surface area contributed by atoms with Gasteiger partial charge in [-0.1, -0.05) is 0 Å². The summed E-state index contributed by atoms with van der Waals surface area (Å²) in [4.78, 5) is 22.9. The topological polar surface area (TPSA) is 132 Å². The van der Waals surface area contributed by atoms with Gasteiger partial charge >= 0.3 is 0 Å². The number of sulfone groups is 1. The minimum atomic E-state index is -3.39. The second-order valence-corrected chi connectivity index (χ2v) is 8.79. The molecular weight excluding hydrogens is 366 g/mol. The summed E-state index contributed by atoms with van der Waals surface area (Å²) in [5.74, 6) is -0.242. The second-order valence-electron chi connectivity index (χ2n) is 6.78. The van der Waals surface area contributed by atoms with Crippen molar-refractivity contribution in [3.8, 4) is 0 Å². The summed E-state index contributed by atoms with van der Waals surface area (Å²) in [6, 6.07) is 5.06. The van der Waals surface area contributed by atoms with Crippen LogP contribution in [-0.2, 0) is 16.3 Å². The van der Waals surface area contributed by atoms with Crippen LogP contribution >= 0.6 is 0 Å². The molecule has 0 radical (unpaired) electrons. The molecule has 1 saturated heterocycles. The number of nitrogens with zero attached hydrogens (tertiary/aromatic N) is 3. The van der Waals surface area contributed by atoms with Crippen LogP contribution in [0.5, 0.6) is 0 Å². The van der Waals surface area contributed by atoms with Crippen molar-refractivity contribution in [3.05, 3.63) is 41.9 Å². The fourth-order valence-corrected chi connectivity index (χ4v) is 3.87. The highest BCUT2D eigenvalue weighted by Gasteiger charge is 2.22. The number of anilines is 2. The molecule has 1 aromatic carbocycles. The highest BCUT2D eigenvalue weighted by Crippen LogP contribution is 2.28. The average molecular weight is 389 g/mol. The van der Waals surface area contributed by atoms with E-state index in [-0.39, 0.29) is 34.7 Å². The number of benzene rings is 1. The van der Waals surface area contributed by atoms with Gasteiger partial charge in [0.25, 0.3) is 0 Å². The minimum absolute atomic E-state index is 0.00978. The highest BCUT2D eigenvalue weighted by molar-refractivity contribution is 7.90. The standard InChI is InChI=1S/C18H23N5O3S/c1-27(25,26)14-2-3-15(23-8-4-13(19)5-9-23)12(10-14)11-16(24)17-18(20)22-7-6-21-17/h2-3,6-7,10,13H,4-5,8-9,11,19H2,1H3,(H2,20,22). The first-order valence-corrected chi connectivity index (χ1v) is 10.6. The monoisotopic (exact) mass is 389 g/mol. The van der Waals surface area contributed by atoms with Crippen LogP contribution in [0.2, 0.25) is 0 Å². The van der Waals surface area contributed by atoms with Gasteiger partial charge in [-0.15, -0.1) is 0 Å². The number of Topliss-reactive ketones (excluding diaryl/α,β-unsaturated/α-hetero) is 1. The van der Waals surface area contributed by atoms with E-state index in [2.05, 4.69) is 14.9 Å². The van der Waals surface area contributed by atoms with E-state index in [0.717, 1.165) is 37.9 Å². The molecule has 0 amide bonds.